The zero-order chi connectivity index (χ0) is 15.6. The highest BCUT2D eigenvalue weighted by Gasteiger charge is 2.09. The summed E-state index contributed by atoms with van der Waals surface area (Å²) in [6, 6.07) is 28.6. The number of aromatic nitrogens is 1. The standard InChI is InChI=1S/C21H14ClN.ClH/c22-17-11-12-20-19(13-17)18(15-7-3-1-4-8-15)14-21(23-20)16-9-5-2-6-10-16;/h1-14H;1H. The van der Waals surface area contributed by atoms with Crippen molar-refractivity contribution < 1.29 is 0 Å². The molecule has 4 aromatic rings. The maximum absolute atomic E-state index is 6.21. The monoisotopic (exact) mass is 351 g/mol. The van der Waals surface area contributed by atoms with Gasteiger partial charge in [0.15, 0.2) is 0 Å². The highest BCUT2D eigenvalue weighted by molar-refractivity contribution is 6.31. The third-order valence-electron chi connectivity index (χ3n) is 3.93. The first kappa shape index (κ1) is 16.5. The number of nitrogens with zero attached hydrogens (tertiary/aromatic N) is 1. The van der Waals surface area contributed by atoms with E-state index in [9.17, 15) is 0 Å². The Morgan fingerprint density at radius 2 is 1.29 bits per heavy atom. The summed E-state index contributed by atoms with van der Waals surface area (Å²) in [5.74, 6) is 0. The van der Waals surface area contributed by atoms with Gasteiger partial charge in [0.2, 0.25) is 0 Å². The molecule has 3 aromatic carbocycles. The lowest BCUT2D eigenvalue weighted by molar-refractivity contribution is 1.40. The van der Waals surface area contributed by atoms with Gasteiger partial charge in [-0.1, -0.05) is 72.3 Å². The van der Waals surface area contributed by atoms with Crippen molar-refractivity contribution in [2.24, 2.45) is 0 Å². The SMILES string of the molecule is Cl.Clc1ccc2nc(-c3ccccc3)cc(-c3ccccc3)c2c1. The lowest BCUT2D eigenvalue weighted by atomic mass is 9.98. The van der Waals surface area contributed by atoms with Gasteiger partial charge in [0.05, 0.1) is 11.2 Å². The number of hydrogen-bond donors (Lipinski definition) is 0. The molecule has 0 amide bonds. The summed E-state index contributed by atoms with van der Waals surface area (Å²) >= 11 is 6.21. The average molecular weight is 352 g/mol. The van der Waals surface area contributed by atoms with Crippen molar-refractivity contribution in [3.63, 3.8) is 0 Å². The molecule has 0 radical (unpaired) electrons. The Labute approximate surface area is 152 Å². The van der Waals surface area contributed by atoms with Crippen LogP contribution in [0, 0.1) is 0 Å². The van der Waals surface area contributed by atoms with Gasteiger partial charge in [-0.15, -0.1) is 12.4 Å². The summed E-state index contributed by atoms with van der Waals surface area (Å²) in [4.78, 5) is 4.81. The molecule has 0 aliphatic rings. The number of rotatable bonds is 2. The zero-order valence-corrected chi connectivity index (χ0v) is 14.4. The third kappa shape index (κ3) is 3.14. The molecule has 0 fully saturated rings. The number of benzene rings is 3. The van der Waals surface area contributed by atoms with Gasteiger partial charge in [-0.2, -0.15) is 0 Å². The molecule has 0 saturated carbocycles. The lowest BCUT2D eigenvalue weighted by Crippen LogP contribution is -1.89. The molecule has 0 saturated heterocycles. The van der Waals surface area contributed by atoms with Crippen molar-refractivity contribution in [2.45, 2.75) is 0 Å². The Balaban J connectivity index is 0.00000169. The second-order valence-corrected chi connectivity index (χ2v) is 5.89. The Kier molecular flexibility index (Phi) is 4.84. The van der Waals surface area contributed by atoms with E-state index >= 15 is 0 Å². The van der Waals surface area contributed by atoms with E-state index < -0.39 is 0 Å². The van der Waals surface area contributed by atoms with Gasteiger partial charge in [0, 0.05) is 16.0 Å². The van der Waals surface area contributed by atoms with Crippen LogP contribution in [-0.4, -0.2) is 4.98 Å². The fourth-order valence-corrected chi connectivity index (χ4v) is 2.98. The van der Waals surface area contributed by atoms with Crippen LogP contribution in [0.4, 0.5) is 0 Å². The van der Waals surface area contributed by atoms with Crippen molar-refractivity contribution in [3.05, 3.63) is 90.0 Å². The Hall–Kier alpha value is -2.35. The van der Waals surface area contributed by atoms with E-state index in [1.54, 1.807) is 0 Å². The van der Waals surface area contributed by atoms with Crippen LogP contribution in [0.3, 0.4) is 0 Å². The summed E-state index contributed by atoms with van der Waals surface area (Å²) in [6.07, 6.45) is 0. The molecular formula is C21H15Cl2N. The molecule has 0 aliphatic carbocycles. The topological polar surface area (TPSA) is 12.9 Å². The highest BCUT2D eigenvalue weighted by Crippen LogP contribution is 2.33. The second kappa shape index (κ2) is 7.04. The van der Waals surface area contributed by atoms with Crippen molar-refractivity contribution in [1.29, 1.82) is 0 Å². The summed E-state index contributed by atoms with van der Waals surface area (Å²) in [6.45, 7) is 0. The van der Waals surface area contributed by atoms with Crippen LogP contribution in [0.15, 0.2) is 84.9 Å². The molecule has 0 bridgehead atoms. The summed E-state index contributed by atoms with van der Waals surface area (Å²) in [5, 5.41) is 1.80. The van der Waals surface area contributed by atoms with Gasteiger partial charge in [-0.05, 0) is 35.4 Å². The largest absolute Gasteiger partial charge is 0.248 e. The van der Waals surface area contributed by atoms with Crippen LogP contribution >= 0.6 is 24.0 Å². The van der Waals surface area contributed by atoms with Crippen molar-refractivity contribution in [3.8, 4) is 22.4 Å². The molecule has 3 heteroatoms. The van der Waals surface area contributed by atoms with E-state index in [1.807, 2.05) is 54.6 Å². The molecule has 1 heterocycles. The van der Waals surface area contributed by atoms with Gasteiger partial charge >= 0.3 is 0 Å². The van der Waals surface area contributed by atoms with E-state index in [0.717, 1.165) is 32.7 Å². The summed E-state index contributed by atoms with van der Waals surface area (Å²) in [7, 11) is 0. The number of fused-ring (bicyclic) bond motifs is 1. The molecule has 0 N–H and O–H groups in total. The number of pyridine rings is 1. The molecule has 4 rings (SSSR count). The average Bonchev–Trinajstić information content (AvgIpc) is 2.62. The van der Waals surface area contributed by atoms with Gasteiger partial charge in [0.25, 0.3) is 0 Å². The number of hydrogen-bond acceptors (Lipinski definition) is 1. The van der Waals surface area contributed by atoms with E-state index in [-0.39, 0.29) is 12.4 Å². The second-order valence-electron chi connectivity index (χ2n) is 5.45. The normalized spacial score (nSPS) is 10.4. The minimum atomic E-state index is 0. The maximum atomic E-state index is 6.21. The van der Waals surface area contributed by atoms with Crippen LogP contribution in [0.2, 0.25) is 5.02 Å². The fraction of sp³-hybridized carbons (Fsp3) is 0. The predicted molar refractivity (Wildman–Crippen MR) is 105 cm³/mol. The van der Waals surface area contributed by atoms with Crippen molar-refractivity contribution in [2.75, 3.05) is 0 Å². The van der Waals surface area contributed by atoms with Gasteiger partial charge in [-0.25, -0.2) is 4.98 Å². The van der Waals surface area contributed by atoms with E-state index in [2.05, 4.69) is 30.3 Å². The molecule has 0 atom stereocenters. The van der Waals surface area contributed by atoms with Crippen molar-refractivity contribution in [1.82, 2.24) is 4.98 Å². The molecule has 0 unspecified atom stereocenters. The van der Waals surface area contributed by atoms with Crippen LogP contribution in [0.25, 0.3) is 33.3 Å². The summed E-state index contributed by atoms with van der Waals surface area (Å²) in [5.41, 5.74) is 5.35. The summed E-state index contributed by atoms with van der Waals surface area (Å²) < 4.78 is 0. The smallest absolute Gasteiger partial charge is 0.0716 e. The van der Waals surface area contributed by atoms with E-state index in [4.69, 9.17) is 16.6 Å². The molecule has 1 nitrogen and oxygen atoms in total. The molecule has 118 valence electrons. The maximum Gasteiger partial charge on any atom is 0.0716 e. The predicted octanol–water partition coefficient (Wildman–Crippen LogP) is 6.64. The van der Waals surface area contributed by atoms with Crippen LogP contribution in [0.5, 0.6) is 0 Å². The highest BCUT2D eigenvalue weighted by atomic mass is 35.5. The first-order valence-electron chi connectivity index (χ1n) is 7.52. The molecule has 1 aromatic heterocycles. The van der Waals surface area contributed by atoms with Crippen LogP contribution in [-0.2, 0) is 0 Å². The van der Waals surface area contributed by atoms with Gasteiger partial charge < -0.3 is 0 Å². The van der Waals surface area contributed by atoms with E-state index in [0.29, 0.717) is 0 Å². The first-order valence-corrected chi connectivity index (χ1v) is 7.90. The minimum Gasteiger partial charge on any atom is -0.248 e. The zero-order valence-electron chi connectivity index (χ0n) is 12.8. The number of halogens is 2. The van der Waals surface area contributed by atoms with Crippen molar-refractivity contribution >= 4 is 34.9 Å². The molecule has 0 spiro atoms. The minimum absolute atomic E-state index is 0. The molecular weight excluding hydrogens is 337 g/mol. The molecule has 24 heavy (non-hydrogen) atoms. The quantitative estimate of drug-likeness (QED) is 0.394. The Bertz CT molecular complexity index is 967. The van der Waals surface area contributed by atoms with Crippen LogP contribution in [0.1, 0.15) is 0 Å². The fourth-order valence-electron chi connectivity index (χ4n) is 2.81. The van der Waals surface area contributed by atoms with Crippen LogP contribution < -0.4 is 0 Å². The lowest BCUT2D eigenvalue weighted by Gasteiger charge is -2.11. The Morgan fingerprint density at radius 3 is 1.96 bits per heavy atom. The first-order chi connectivity index (χ1) is 11.3. The molecule has 0 aliphatic heterocycles. The Morgan fingerprint density at radius 1 is 0.667 bits per heavy atom. The van der Waals surface area contributed by atoms with E-state index in [1.165, 1.54) is 5.56 Å². The van der Waals surface area contributed by atoms with Gasteiger partial charge in [0.1, 0.15) is 0 Å². The van der Waals surface area contributed by atoms with Gasteiger partial charge in [-0.3, -0.25) is 0 Å². The third-order valence-corrected chi connectivity index (χ3v) is 4.16.